The van der Waals surface area contributed by atoms with Gasteiger partial charge in [0.05, 0.1) is 20.8 Å². The van der Waals surface area contributed by atoms with Crippen molar-refractivity contribution in [1.82, 2.24) is 4.90 Å². The van der Waals surface area contributed by atoms with Crippen LogP contribution in [0.2, 0.25) is 0 Å². The average Bonchev–Trinajstić information content (AvgIpc) is 2.67. The monoisotopic (exact) mass is 372 g/mol. The number of carbonyl (C=O) groups excluding carboxylic acids is 2. The van der Waals surface area contributed by atoms with E-state index in [1.54, 1.807) is 38.5 Å². The number of nitrogens with zero attached hydrogens (tertiary/aromatic N) is 1. The third-order valence-electron chi connectivity index (χ3n) is 3.68. The minimum atomic E-state index is -0.389. The van der Waals surface area contributed by atoms with E-state index in [1.165, 1.54) is 42.3 Å². The molecule has 142 valence electrons. The quantitative estimate of drug-likeness (QED) is 0.759. The van der Waals surface area contributed by atoms with Gasteiger partial charge in [0.15, 0.2) is 0 Å². The minimum Gasteiger partial charge on any atom is -0.497 e. The number of hydrogen-bond donors (Lipinski definition) is 1. The molecule has 1 N–H and O–H groups in total. The van der Waals surface area contributed by atoms with E-state index >= 15 is 0 Å². The first-order chi connectivity index (χ1) is 12.9. The standard InChI is InChI=1S/C20H21FN2O4/c1-23(13-19(24)22-16-7-5-15(21)6-8-16)20(25)9-4-14-10-17(26-2)12-18(11-14)27-3/h4-12H,13H2,1-3H3,(H,22,24)/b9-4+. The Kier molecular flexibility index (Phi) is 6.93. The lowest BCUT2D eigenvalue weighted by Crippen LogP contribution is -2.33. The smallest absolute Gasteiger partial charge is 0.246 e. The second kappa shape index (κ2) is 9.38. The first-order valence-corrected chi connectivity index (χ1v) is 8.13. The third kappa shape index (κ3) is 6.14. The van der Waals surface area contributed by atoms with Crippen LogP contribution in [0, 0.1) is 5.82 Å². The Morgan fingerprint density at radius 3 is 2.22 bits per heavy atom. The zero-order valence-corrected chi connectivity index (χ0v) is 15.4. The van der Waals surface area contributed by atoms with Crippen molar-refractivity contribution in [3.8, 4) is 11.5 Å². The third-order valence-corrected chi connectivity index (χ3v) is 3.68. The molecule has 27 heavy (non-hydrogen) atoms. The van der Waals surface area contributed by atoms with Crippen molar-refractivity contribution in [1.29, 1.82) is 0 Å². The van der Waals surface area contributed by atoms with Gasteiger partial charge in [0.2, 0.25) is 11.8 Å². The molecule has 0 saturated heterocycles. The highest BCUT2D eigenvalue weighted by molar-refractivity contribution is 5.97. The number of rotatable bonds is 7. The molecule has 2 aromatic carbocycles. The topological polar surface area (TPSA) is 67.9 Å². The molecule has 0 aliphatic heterocycles. The van der Waals surface area contributed by atoms with Gasteiger partial charge < -0.3 is 19.7 Å². The molecule has 0 unspecified atom stereocenters. The van der Waals surface area contributed by atoms with Crippen LogP contribution in [-0.2, 0) is 9.59 Å². The van der Waals surface area contributed by atoms with Gasteiger partial charge in [-0.3, -0.25) is 9.59 Å². The predicted octanol–water partition coefficient (Wildman–Crippen LogP) is 2.95. The average molecular weight is 372 g/mol. The molecule has 0 radical (unpaired) electrons. The summed E-state index contributed by atoms with van der Waals surface area (Å²) in [6, 6.07) is 10.6. The lowest BCUT2D eigenvalue weighted by atomic mass is 10.2. The van der Waals surface area contributed by atoms with E-state index in [-0.39, 0.29) is 24.2 Å². The molecule has 2 aromatic rings. The van der Waals surface area contributed by atoms with E-state index < -0.39 is 0 Å². The van der Waals surface area contributed by atoms with Crippen LogP contribution < -0.4 is 14.8 Å². The van der Waals surface area contributed by atoms with Crippen LogP contribution in [0.5, 0.6) is 11.5 Å². The number of methoxy groups -OCH3 is 2. The van der Waals surface area contributed by atoms with E-state index in [9.17, 15) is 14.0 Å². The highest BCUT2D eigenvalue weighted by Crippen LogP contribution is 2.23. The number of likely N-dealkylation sites (N-methyl/N-ethyl adjacent to an activating group) is 1. The van der Waals surface area contributed by atoms with Crippen LogP contribution in [0.25, 0.3) is 6.08 Å². The molecule has 0 aliphatic carbocycles. The van der Waals surface area contributed by atoms with Crippen LogP contribution in [0.3, 0.4) is 0 Å². The summed E-state index contributed by atoms with van der Waals surface area (Å²) in [5, 5.41) is 2.60. The molecule has 2 amide bonds. The predicted molar refractivity (Wildman–Crippen MR) is 101 cm³/mol. The molecule has 0 spiro atoms. The van der Waals surface area contributed by atoms with E-state index in [1.807, 2.05) is 0 Å². The van der Waals surface area contributed by atoms with Gasteiger partial charge in [-0.1, -0.05) is 0 Å². The van der Waals surface area contributed by atoms with Gasteiger partial charge in [0.25, 0.3) is 0 Å². The molecule has 7 heteroatoms. The van der Waals surface area contributed by atoms with Crippen molar-refractivity contribution in [2.45, 2.75) is 0 Å². The molecule has 0 aromatic heterocycles. The molecule has 0 heterocycles. The molecular weight excluding hydrogens is 351 g/mol. The Labute approximate surface area is 157 Å². The van der Waals surface area contributed by atoms with Crippen LogP contribution in [-0.4, -0.2) is 44.5 Å². The van der Waals surface area contributed by atoms with Crippen molar-refractivity contribution in [3.05, 3.63) is 59.9 Å². The second-order valence-electron chi connectivity index (χ2n) is 5.73. The number of halogens is 1. The summed E-state index contributed by atoms with van der Waals surface area (Å²) < 4.78 is 23.2. The Balaban J connectivity index is 1.95. The fourth-order valence-corrected chi connectivity index (χ4v) is 2.25. The van der Waals surface area contributed by atoms with E-state index in [0.717, 1.165) is 5.56 Å². The molecule has 0 aliphatic rings. The summed E-state index contributed by atoms with van der Waals surface area (Å²) in [4.78, 5) is 25.5. The van der Waals surface area contributed by atoms with Gasteiger partial charge in [-0.05, 0) is 48.0 Å². The van der Waals surface area contributed by atoms with Gasteiger partial charge in [0.1, 0.15) is 17.3 Å². The largest absolute Gasteiger partial charge is 0.497 e. The zero-order valence-electron chi connectivity index (χ0n) is 15.4. The molecule has 2 rings (SSSR count). The maximum Gasteiger partial charge on any atom is 0.246 e. The van der Waals surface area contributed by atoms with Crippen molar-refractivity contribution in [2.24, 2.45) is 0 Å². The van der Waals surface area contributed by atoms with E-state index in [4.69, 9.17) is 9.47 Å². The van der Waals surface area contributed by atoms with E-state index in [0.29, 0.717) is 17.2 Å². The number of ether oxygens (including phenoxy) is 2. The van der Waals surface area contributed by atoms with Crippen molar-refractivity contribution < 1.29 is 23.5 Å². The highest BCUT2D eigenvalue weighted by atomic mass is 19.1. The van der Waals surface area contributed by atoms with Crippen LogP contribution in [0.15, 0.2) is 48.5 Å². The second-order valence-corrected chi connectivity index (χ2v) is 5.73. The molecule has 0 bridgehead atoms. The van der Waals surface area contributed by atoms with E-state index in [2.05, 4.69) is 5.32 Å². The molecule has 6 nitrogen and oxygen atoms in total. The Hall–Kier alpha value is -3.35. The van der Waals surface area contributed by atoms with Gasteiger partial charge in [0, 0.05) is 24.9 Å². The van der Waals surface area contributed by atoms with Gasteiger partial charge in [-0.25, -0.2) is 4.39 Å². The van der Waals surface area contributed by atoms with Crippen molar-refractivity contribution in [3.63, 3.8) is 0 Å². The van der Waals surface area contributed by atoms with Gasteiger partial charge in [-0.2, -0.15) is 0 Å². The van der Waals surface area contributed by atoms with Crippen molar-refractivity contribution in [2.75, 3.05) is 33.1 Å². The van der Waals surface area contributed by atoms with Gasteiger partial charge >= 0.3 is 0 Å². The Morgan fingerprint density at radius 1 is 1.07 bits per heavy atom. The summed E-state index contributed by atoms with van der Waals surface area (Å²) >= 11 is 0. The summed E-state index contributed by atoms with van der Waals surface area (Å²) in [6.07, 6.45) is 2.97. The summed E-state index contributed by atoms with van der Waals surface area (Å²) in [7, 11) is 4.60. The lowest BCUT2D eigenvalue weighted by Gasteiger charge is -2.15. The first-order valence-electron chi connectivity index (χ1n) is 8.13. The summed E-state index contributed by atoms with van der Waals surface area (Å²) in [6.45, 7) is -0.137. The number of benzene rings is 2. The Morgan fingerprint density at radius 2 is 1.67 bits per heavy atom. The maximum absolute atomic E-state index is 12.9. The SMILES string of the molecule is COc1cc(/C=C/C(=O)N(C)CC(=O)Nc2ccc(F)cc2)cc(OC)c1. The molecule has 0 fully saturated rings. The maximum atomic E-state index is 12.9. The van der Waals surface area contributed by atoms with Crippen molar-refractivity contribution >= 4 is 23.6 Å². The first kappa shape index (κ1) is 20.0. The zero-order chi connectivity index (χ0) is 19.8. The number of carbonyl (C=O) groups is 2. The van der Waals surface area contributed by atoms with Gasteiger partial charge in [-0.15, -0.1) is 0 Å². The summed E-state index contributed by atoms with van der Waals surface area (Å²) in [5.41, 5.74) is 1.19. The minimum absolute atomic E-state index is 0.137. The normalized spacial score (nSPS) is 10.5. The number of hydrogen-bond acceptors (Lipinski definition) is 4. The fourth-order valence-electron chi connectivity index (χ4n) is 2.25. The highest BCUT2D eigenvalue weighted by Gasteiger charge is 2.11. The lowest BCUT2D eigenvalue weighted by molar-refractivity contribution is -0.129. The van der Waals surface area contributed by atoms with Crippen LogP contribution in [0.1, 0.15) is 5.56 Å². The number of anilines is 1. The summed E-state index contributed by atoms with van der Waals surface area (Å²) in [5.74, 6) is 0.0986. The number of amides is 2. The number of nitrogens with one attached hydrogen (secondary N) is 1. The van der Waals surface area contributed by atoms with Crippen LogP contribution >= 0.6 is 0 Å². The molecule has 0 saturated carbocycles. The molecular formula is C20H21FN2O4. The Bertz CT molecular complexity index is 812. The van der Waals surface area contributed by atoms with Crippen LogP contribution in [0.4, 0.5) is 10.1 Å². The fraction of sp³-hybridized carbons (Fsp3) is 0.200. The molecule has 0 atom stereocenters.